The molecule has 2 saturated heterocycles. The molecule has 142 valence electrons. The molecule has 5 nitrogen and oxygen atoms in total. The van der Waals surface area contributed by atoms with Crippen molar-refractivity contribution in [1.29, 1.82) is 0 Å². The van der Waals surface area contributed by atoms with Gasteiger partial charge < -0.3 is 14.5 Å². The van der Waals surface area contributed by atoms with Crippen molar-refractivity contribution in [3.05, 3.63) is 29.8 Å². The van der Waals surface area contributed by atoms with Gasteiger partial charge in [-0.15, -0.1) is 0 Å². The third kappa shape index (κ3) is 4.19. The van der Waals surface area contributed by atoms with Crippen molar-refractivity contribution in [2.24, 2.45) is 5.92 Å². The summed E-state index contributed by atoms with van der Waals surface area (Å²) in [5.41, 5.74) is 1.18. The van der Waals surface area contributed by atoms with Crippen LogP contribution in [0.3, 0.4) is 0 Å². The molecular formula is C21H30N2O3. The van der Waals surface area contributed by atoms with Crippen LogP contribution in [0.15, 0.2) is 24.3 Å². The Kier molecular flexibility index (Phi) is 6.17. The standard InChI is InChI=1S/C21H30N2O3/c1-3-18-6-4-5-12-23(18)21(25)17-14-20(24)22(15-17)13-11-16-7-9-19(26-2)10-8-16/h7-10,17-18H,3-6,11-15H2,1-2H3. The monoisotopic (exact) mass is 358 g/mol. The van der Waals surface area contributed by atoms with Gasteiger partial charge in [0.25, 0.3) is 0 Å². The van der Waals surface area contributed by atoms with Crippen molar-refractivity contribution < 1.29 is 14.3 Å². The quantitative estimate of drug-likeness (QED) is 0.786. The molecule has 2 heterocycles. The fourth-order valence-electron chi connectivity index (χ4n) is 4.16. The lowest BCUT2D eigenvalue weighted by molar-refractivity contribution is -0.139. The van der Waals surface area contributed by atoms with Crippen LogP contribution in [-0.2, 0) is 16.0 Å². The van der Waals surface area contributed by atoms with Crippen LogP contribution in [0, 0.1) is 5.92 Å². The van der Waals surface area contributed by atoms with Gasteiger partial charge in [0, 0.05) is 32.1 Å². The molecule has 0 N–H and O–H groups in total. The highest BCUT2D eigenvalue weighted by Gasteiger charge is 2.38. The minimum absolute atomic E-state index is 0.113. The van der Waals surface area contributed by atoms with E-state index in [9.17, 15) is 9.59 Å². The zero-order valence-corrected chi connectivity index (χ0v) is 15.9. The van der Waals surface area contributed by atoms with Gasteiger partial charge in [0.05, 0.1) is 13.0 Å². The highest BCUT2D eigenvalue weighted by atomic mass is 16.5. The second kappa shape index (κ2) is 8.56. The minimum Gasteiger partial charge on any atom is -0.497 e. The van der Waals surface area contributed by atoms with Crippen molar-refractivity contribution in [2.75, 3.05) is 26.7 Å². The molecule has 2 amide bonds. The molecule has 2 aliphatic heterocycles. The molecule has 1 aromatic carbocycles. The number of piperidine rings is 1. The van der Waals surface area contributed by atoms with E-state index in [1.54, 1.807) is 7.11 Å². The summed E-state index contributed by atoms with van der Waals surface area (Å²) < 4.78 is 5.17. The highest BCUT2D eigenvalue weighted by Crippen LogP contribution is 2.26. The first kappa shape index (κ1) is 18.7. The van der Waals surface area contributed by atoms with Crippen molar-refractivity contribution >= 4 is 11.8 Å². The van der Waals surface area contributed by atoms with Crippen molar-refractivity contribution in [2.45, 2.75) is 51.5 Å². The van der Waals surface area contributed by atoms with Gasteiger partial charge in [-0.25, -0.2) is 0 Å². The van der Waals surface area contributed by atoms with E-state index >= 15 is 0 Å². The van der Waals surface area contributed by atoms with Gasteiger partial charge in [-0.1, -0.05) is 19.1 Å². The molecule has 0 bridgehead atoms. The number of likely N-dealkylation sites (tertiary alicyclic amines) is 2. The van der Waals surface area contributed by atoms with Crippen LogP contribution in [0.2, 0.25) is 0 Å². The zero-order valence-electron chi connectivity index (χ0n) is 15.9. The fourth-order valence-corrected chi connectivity index (χ4v) is 4.16. The number of hydrogen-bond donors (Lipinski definition) is 0. The Labute approximate surface area is 156 Å². The summed E-state index contributed by atoms with van der Waals surface area (Å²) >= 11 is 0. The first-order valence-electron chi connectivity index (χ1n) is 9.83. The van der Waals surface area contributed by atoms with Gasteiger partial charge in [0.1, 0.15) is 5.75 Å². The Morgan fingerprint density at radius 2 is 2.00 bits per heavy atom. The Bertz CT molecular complexity index is 629. The maximum Gasteiger partial charge on any atom is 0.228 e. The van der Waals surface area contributed by atoms with Gasteiger partial charge in [0.15, 0.2) is 0 Å². The van der Waals surface area contributed by atoms with E-state index in [-0.39, 0.29) is 17.7 Å². The van der Waals surface area contributed by atoms with Crippen LogP contribution in [0.4, 0.5) is 0 Å². The van der Waals surface area contributed by atoms with Crippen molar-refractivity contribution in [3.8, 4) is 5.75 Å². The molecule has 3 rings (SSSR count). The SMILES string of the molecule is CCC1CCCCN1C(=O)C1CC(=O)N(CCc2ccc(OC)cc2)C1. The summed E-state index contributed by atoms with van der Waals surface area (Å²) in [6, 6.07) is 8.30. The number of rotatable bonds is 6. The van der Waals surface area contributed by atoms with E-state index in [0.717, 1.165) is 38.0 Å². The van der Waals surface area contributed by atoms with Gasteiger partial charge in [0.2, 0.25) is 11.8 Å². The Balaban J connectivity index is 1.54. The van der Waals surface area contributed by atoms with E-state index in [1.807, 2.05) is 29.2 Å². The summed E-state index contributed by atoms with van der Waals surface area (Å²) in [5, 5.41) is 0. The summed E-state index contributed by atoms with van der Waals surface area (Å²) in [6.07, 6.45) is 5.58. The lowest BCUT2D eigenvalue weighted by atomic mass is 9.97. The molecule has 0 aliphatic carbocycles. The minimum atomic E-state index is -0.162. The molecule has 2 unspecified atom stereocenters. The fraction of sp³-hybridized carbons (Fsp3) is 0.619. The topological polar surface area (TPSA) is 49.9 Å². The molecule has 26 heavy (non-hydrogen) atoms. The molecule has 2 atom stereocenters. The third-order valence-electron chi connectivity index (χ3n) is 5.77. The number of carbonyl (C=O) groups is 2. The molecule has 1 aromatic rings. The normalized spacial score (nSPS) is 23.4. The van der Waals surface area contributed by atoms with E-state index in [0.29, 0.717) is 25.6 Å². The maximum atomic E-state index is 12.9. The van der Waals surface area contributed by atoms with Crippen molar-refractivity contribution in [1.82, 2.24) is 9.80 Å². The van der Waals surface area contributed by atoms with E-state index < -0.39 is 0 Å². The smallest absolute Gasteiger partial charge is 0.228 e. The number of methoxy groups -OCH3 is 1. The second-order valence-corrected chi connectivity index (χ2v) is 7.43. The molecule has 2 fully saturated rings. The molecule has 5 heteroatoms. The van der Waals surface area contributed by atoms with Crippen LogP contribution in [0.25, 0.3) is 0 Å². The van der Waals surface area contributed by atoms with E-state index in [2.05, 4.69) is 11.8 Å². The number of nitrogens with zero attached hydrogens (tertiary/aromatic N) is 2. The lowest BCUT2D eigenvalue weighted by Gasteiger charge is -2.36. The number of carbonyl (C=O) groups excluding carboxylic acids is 2. The molecular weight excluding hydrogens is 328 g/mol. The van der Waals surface area contributed by atoms with Gasteiger partial charge in [-0.05, 0) is 49.8 Å². The molecule has 0 saturated carbocycles. The van der Waals surface area contributed by atoms with Crippen LogP contribution in [-0.4, -0.2) is 54.4 Å². The third-order valence-corrected chi connectivity index (χ3v) is 5.77. The van der Waals surface area contributed by atoms with E-state index in [1.165, 1.54) is 12.0 Å². The van der Waals surface area contributed by atoms with Crippen LogP contribution in [0.1, 0.15) is 44.6 Å². The molecule has 0 radical (unpaired) electrons. The maximum absolute atomic E-state index is 12.9. The summed E-state index contributed by atoms with van der Waals surface area (Å²) in [4.78, 5) is 29.2. The van der Waals surface area contributed by atoms with Gasteiger partial charge >= 0.3 is 0 Å². The van der Waals surface area contributed by atoms with Crippen molar-refractivity contribution in [3.63, 3.8) is 0 Å². The number of ether oxygens (including phenoxy) is 1. The van der Waals surface area contributed by atoms with Crippen LogP contribution >= 0.6 is 0 Å². The number of hydrogen-bond acceptors (Lipinski definition) is 3. The van der Waals surface area contributed by atoms with Crippen LogP contribution in [0.5, 0.6) is 5.75 Å². The molecule has 0 aromatic heterocycles. The summed E-state index contributed by atoms with van der Waals surface area (Å²) in [7, 11) is 1.65. The van der Waals surface area contributed by atoms with Gasteiger partial charge in [-0.3, -0.25) is 9.59 Å². The van der Waals surface area contributed by atoms with Crippen LogP contribution < -0.4 is 4.74 Å². The lowest BCUT2D eigenvalue weighted by Crippen LogP contribution is -2.46. The Hall–Kier alpha value is -2.04. The number of benzene rings is 1. The predicted octanol–water partition coefficient (Wildman–Crippen LogP) is 2.88. The predicted molar refractivity (Wildman–Crippen MR) is 101 cm³/mol. The first-order valence-corrected chi connectivity index (χ1v) is 9.83. The zero-order chi connectivity index (χ0) is 18.5. The molecule has 0 spiro atoms. The average Bonchev–Trinajstić information content (AvgIpc) is 3.06. The Morgan fingerprint density at radius 1 is 1.23 bits per heavy atom. The van der Waals surface area contributed by atoms with E-state index in [4.69, 9.17) is 4.74 Å². The largest absolute Gasteiger partial charge is 0.497 e. The summed E-state index contributed by atoms with van der Waals surface area (Å²) in [6.45, 7) is 4.25. The average molecular weight is 358 g/mol. The number of amides is 2. The molecule has 2 aliphatic rings. The Morgan fingerprint density at radius 3 is 2.69 bits per heavy atom. The summed E-state index contributed by atoms with van der Waals surface area (Å²) in [5.74, 6) is 0.980. The second-order valence-electron chi connectivity index (χ2n) is 7.43. The first-order chi connectivity index (χ1) is 12.6. The highest BCUT2D eigenvalue weighted by molar-refractivity contribution is 5.89. The van der Waals surface area contributed by atoms with Gasteiger partial charge in [-0.2, -0.15) is 0 Å².